The first-order valence-electron chi connectivity index (χ1n) is 12.5. The molecule has 0 saturated heterocycles. The molecule has 1 aromatic heterocycles. The number of hydrogen-bond donors (Lipinski definition) is 1. The van der Waals surface area contributed by atoms with Gasteiger partial charge in [0.05, 0.1) is 28.7 Å². The fraction of sp³-hybridized carbons (Fsp3) is 0.241. The number of amides is 1. The molecule has 3 aromatic carbocycles. The van der Waals surface area contributed by atoms with E-state index in [1.807, 2.05) is 57.2 Å². The monoisotopic (exact) mass is 610 g/mol. The van der Waals surface area contributed by atoms with Gasteiger partial charge in [-0.25, -0.2) is 4.98 Å². The molecule has 0 fully saturated rings. The van der Waals surface area contributed by atoms with Crippen LogP contribution >= 0.6 is 27.5 Å². The Balaban J connectivity index is 1.59. The fourth-order valence-corrected chi connectivity index (χ4v) is 4.50. The maximum absolute atomic E-state index is 13.3. The van der Waals surface area contributed by atoms with Gasteiger partial charge in [0.2, 0.25) is 0 Å². The molecular weight excluding hydrogens is 584 g/mol. The van der Waals surface area contributed by atoms with Crippen molar-refractivity contribution in [2.45, 2.75) is 33.6 Å². The number of nitrogens with zero attached hydrogens (tertiary/aromatic N) is 3. The average molecular weight is 612 g/mol. The van der Waals surface area contributed by atoms with Gasteiger partial charge < -0.3 is 14.8 Å². The van der Waals surface area contributed by atoms with Crippen molar-refractivity contribution < 1.29 is 14.3 Å². The molecule has 0 saturated carbocycles. The molecule has 0 aliphatic heterocycles. The molecule has 39 heavy (non-hydrogen) atoms. The molecule has 8 nitrogen and oxygen atoms in total. The van der Waals surface area contributed by atoms with Crippen LogP contribution in [0.5, 0.6) is 11.5 Å². The van der Waals surface area contributed by atoms with Crippen LogP contribution in [-0.4, -0.2) is 35.0 Å². The number of hydrogen-bond acceptors (Lipinski definition) is 6. The highest BCUT2D eigenvalue weighted by atomic mass is 79.9. The number of anilines is 1. The molecule has 4 rings (SSSR count). The van der Waals surface area contributed by atoms with E-state index < -0.39 is 0 Å². The van der Waals surface area contributed by atoms with Crippen LogP contribution in [0.2, 0.25) is 5.02 Å². The molecular formula is C29H28BrClN4O4. The van der Waals surface area contributed by atoms with Crippen LogP contribution in [0.1, 0.15) is 37.2 Å². The number of halogens is 2. The lowest BCUT2D eigenvalue weighted by molar-refractivity contribution is -0.118. The van der Waals surface area contributed by atoms with E-state index in [-0.39, 0.29) is 28.8 Å². The molecule has 1 heterocycles. The van der Waals surface area contributed by atoms with Crippen LogP contribution in [0.25, 0.3) is 10.9 Å². The van der Waals surface area contributed by atoms with Crippen molar-refractivity contribution in [3.8, 4) is 11.5 Å². The summed E-state index contributed by atoms with van der Waals surface area (Å²) in [4.78, 5) is 30.3. The largest absolute Gasteiger partial charge is 0.490 e. The van der Waals surface area contributed by atoms with Crippen LogP contribution in [0.15, 0.2) is 69.0 Å². The molecule has 0 aliphatic rings. The van der Waals surface area contributed by atoms with E-state index in [4.69, 9.17) is 21.1 Å². The van der Waals surface area contributed by atoms with E-state index in [1.165, 1.54) is 10.9 Å². The molecule has 0 unspecified atom stereocenters. The van der Waals surface area contributed by atoms with Gasteiger partial charge in [0.1, 0.15) is 5.82 Å². The highest BCUT2D eigenvalue weighted by Gasteiger charge is 2.15. The molecule has 0 spiro atoms. The van der Waals surface area contributed by atoms with E-state index in [9.17, 15) is 9.59 Å². The summed E-state index contributed by atoms with van der Waals surface area (Å²) in [5, 5.41) is 7.95. The summed E-state index contributed by atoms with van der Waals surface area (Å²) in [6.45, 7) is 5.92. The highest BCUT2D eigenvalue weighted by Crippen LogP contribution is 2.36. The lowest BCUT2D eigenvalue weighted by atomic mass is 10.2. The van der Waals surface area contributed by atoms with Crippen molar-refractivity contribution in [1.82, 2.24) is 9.66 Å². The highest BCUT2D eigenvalue weighted by molar-refractivity contribution is 9.10. The smallest absolute Gasteiger partial charge is 0.282 e. The van der Waals surface area contributed by atoms with Gasteiger partial charge >= 0.3 is 0 Å². The van der Waals surface area contributed by atoms with Gasteiger partial charge in [0.25, 0.3) is 11.5 Å². The Morgan fingerprint density at radius 3 is 2.62 bits per heavy atom. The zero-order valence-electron chi connectivity index (χ0n) is 21.8. The van der Waals surface area contributed by atoms with E-state index in [2.05, 4.69) is 31.3 Å². The van der Waals surface area contributed by atoms with Crippen LogP contribution < -0.4 is 20.3 Å². The number of carbonyl (C=O) groups is 1. The number of benzene rings is 3. The quantitative estimate of drug-likeness (QED) is 0.210. The van der Waals surface area contributed by atoms with Gasteiger partial charge in [-0.05, 0) is 68.3 Å². The van der Waals surface area contributed by atoms with E-state index in [0.29, 0.717) is 46.8 Å². The maximum atomic E-state index is 13.3. The number of fused-ring (bicyclic) bond motifs is 1. The summed E-state index contributed by atoms with van der Waals surface area (Å²) < 4.78 is 13.6. The zero-order valence-corrected chi connectivity index (χ0v) is 24.2. The number of rotatable bonds is 10. The van der Waals surface area contributed by atoms with Gasteiger partial charge in [0.15, 0.2) is 18.1 Å². The molecule has 4 aromatic rings. The van der Waals surface area contributed by atoms with Crippen molar-refractivity contribution in [3.05, 3.63) is 91.4 Å². The first-order valence-corrected chi connectivity index (χ1v) is 13.7. The summed E-state index contributed by atoms with van der Waals surface area (Å²) >= 11 is 9.95. The maximum Gasteiger partial charge on any atom is 0.282 e. The van der Waals surface area contributed by atoms with Gasteiger partial charge in [-0.15, -0.1) is 0 Å². The van der Waals surface area contributed by atoms with Crippen LogP contribution in [0, 0.1) is 6.92 Å². The van der Waals surface area contributed by atoms with Gasteiger partial charge in [-0.3, -0.25) is 9.59 Å². The third-order valence-corrected chi connectivity index (χ3v) is 6.46. The second kappa shape index (κ2) is 12.9. The Morgan fingerprint density at radius 1 is 1.13 bits per heavy atom. The third kappa shape index (κ3) is 7.04. The SMILES string of the molecule is CCCc1nc2ccc(Br)cc2c(=O)n1N=Cc1cc(Cl)c(OCC(=O)Nc2ccc(C)cc2)c(OCC)c1. The predicted octanol–water partition coefficient (Wildman–Crippen LogP) is 6.37. The molecule has 1 N–H and O–H groups in total. The zero-order chi connectivity index (χ0) is 27.9. The number of aryl methyl sites for hydroxylation is 2. The molecule has 0 bridgehead atoms. The fourth-order valence-electron chi connectivity index (χ4n) is 3.86. The van der Waals surface area contributed by atoms with Crippen LogP contribution in [0.4, 0.5) is 5.69 Å². The van der Waals surface area contributed by atoms with Crippen LogP contribution in [-0.2, 0) is 11.2 Å². The standard InChI is InChI=1S/C29H28BrClN4O4/c1-4-6-26-34-24-12-9-20(30)15-22(24)29(37)35(26)32-16-19-13-23(31)28(25(14-19)38-5-2)39-17-27(36)33-21-10-7-18(3)8-11-21/h7-16H,4-6,17H2,1-3H3,(H,33,36). The molecule has 0 atom stereocenters. The first kappa shape index (κ1) is 28.3. The molecule has 10 heteroatoms. The first-order chi connectivity index (χ1) is 18.8. The van der Waals surface area contributed by atoms with Crippen molar-refractivity contribution >= 4 is 56.2 Å². The Bertz CT molecular complexity index is 1590. The van der Waals surface area contributed by atoms with Crippen molar-refractivity contribution in [2.75, 3.05) is 18.5 Å². The number of carbonyl (C=O) groups excluding carboxylic acids is 1. The van der Waals surface area contributed by atoms with Crippen molar-refractivity contribution in [1.29, 1.82) is 0 Å². The average Bonchev–Trinajstić information content (AvgIpc) is 2.90. The molecule has 0 radical (unpaired) electrons. The summed E-state index contributed by atoms with van der Waals surface area (Å²) in [7, 11) is 0. The van der Waals surface area contributed by atoms with E-state index in [0.717, 1.165) is 16.5 Å². The summed E-state index contributed by atoms with van der Waals surface area (Å²) in [5.41, 5.74) is 2.70. The Hall–Kier alpha value is -3.69. The Kier molecular flexibility index (Phi) is 9.37. The summed E-state index contributed by atoms with van der Waals surface area (Å²) in [6, 6.07) is 16.2. The second-order valence-electron chi connectivity index (χ2n) is 8.77. The minimum atomic E-state index is -0.332. The molecule has 202 valence electrons. The minimum absolute atomic E-state index is 0.243. The van der Waals surface area contributed by atoms with Gasteiger partial charge in [-0.1, -0.05) is 52.2 Å². The van der Waals surface area contributed by atoms with E-state index in [1.54, 1.807) is 18.2 Å². The normalized spacial score (nSPS) is 11.2. The molecule has 0 aliphatic carbocycles. The number of ether oxygens (including phenoxy) is 2. The van der Waals surface area contributed by atoms with Gasteiger partial charge in [-0.2, -0.15) is 9.78 Å². The Morgan fingerprint density at radius 2 is 1.90 bits per heavy atom. The van der Waals surface area contributed by atoms with E-state index >= 15 is 0 Å². The lowest BCUT2D eigenvalue weighted by Gasteiger charge is -2.14. The van der Waals surface area contributed by atoms with Crippen LogP contribution in [0.3, 0.4) is 0 Å². The topological polar surface area (TPSA) is 94.8 Å². The molecule has 1 amide bonds. The number of nitrogens with one attached hydrogen (secondary N) is 1. The summed E-state index contributed by atoms with van der Waals surface area (Å²) in [6.07, 6.45) is 2.91. The van der Waals surface area contributed by atoms with Crippen molar-refractivity contribution in [3.63, 3.8) is 0 Å². The lowest BCUT2D eigenvalue weighted by Crippen LogP contribution is -2.22. The third-order valence-electron chi connectivity index (χ3n) is 5.69. The minimum Gasteiger partial charge on any atom is -0.490 e. The number of aromatic nitrogens is 2. The van der Waals surface area contributed by atoms with Crippen molar-refractivity contribution in [2.24, 2.45) is 5.10 Å². The summed E-state index contributed by atoms with van der Waals surface area (Å²) in [5.74, 6) is 0.831. The predicted molar refractivity (Wildman–Crippen MR) is 159 cm³/mol. The van der Waals surface area contributed by atoms with Gasteiger partial charge in [0, 0.05) is 16.6 Å². The Labute approximate surface area is 239 Å². The second-order valence-corrected chi connectivity index (χ2v) is 10.1.